The molecule has 2 N–H and O–H groups in total. The Bertz CT molecular complexity index is 388. The van der Waals surface area contributed by atoms with E-state index in [0.717, 1.165) is 12.0 Å². The largest absolute Gasteiger partial charge is 0.332 e. The number of carbonyl (C=O) groups excluding carboxylic acids is 1. The molecular weight excluding hydrogens is 212 g/mol. The molecule has 2 rings (SSSR count). The summed E-state index contributed by atoms with van der Waals surface area (Å²) in [4.78, 5) is 14.0. The van der Waals surface area contributed by atoms with Crippen LogP contribution < -0.4 is 5.73 Å². The topological polar surface area (TPSA) is 46.3 Å². The summed E-state index contributed by atoms with van der Waals surface area (Å²) in [5.74, 6) is 0.218. The van der Waals surface area contributed by atoms with Gasteiger partial charge in [0.05, 0.1) is 6.04 Å². The SMILES string of the molecule is CC(C)N1C(=O)CCC(N)C1c1ccccc1. The molecule has 1 amide bonds. The van der Waals surface area contributed by atoms with E-state index in [0.29, 0.717) is 6.42 Å². The maximum absolute atomic E-state index is 12.0. The summed E-state index contributed by atoms with van der Waals surface area (Å²) in [7, 11) is 0. The molecule has 0 aromatic heterocycles. The van der Waals surface area contributed by atoms with Crippen molar-refractivity contribution >= 4 is 5.91 Å². The van der Waals surface area contributed by atoms with Gasteiger partial charge in [-0.05, 0) is 25.8 Å². The van der Waals surface area contributed by atoms with E-state index in [2.05, 4.69) is 12.1 Å². The van der Waals surface area contributed by atoms with Crippen LogP contribution in [0.15, 0.2) is 30.3 Å². The molecule has 0 aliphatic carbocycles. The fraction of sp³-hybridized carbons (Fsp3) is 0.500. The quantitative estimate of drug-likeness (QED) is 0.848. The minimum Gasteiger partial charge on any atom is -0.332 e. The first-order valence-electron chi connectivity index (χ1n) is 6.23. The normalized spacial score (nSPS) is 25.4. The summed E-state index contributed by atoms with van der Waals surface area (Å²) in [6, 6.07) is 10.4. The second kappa shape index (κ2) is 4.88. The Morgan fingerprint density at radius 3 is 2.53 bits per heavy atom. The Morgan fingerprint density at radius 1 is 1.29 bits per heavy atom. The summed E-state index contributed by atoms with van der Waals surface area (Å²) < 4.78 is 0. The molecular formula is C14H20N2O. The number of hydrogen-bond acceptors (Lipinski definition) is 2. The van der Waals surface area contributed by atoms with Gasteiger partial charge in [0.15, 0.2) is 0 Å². The maximum atomic E-state index is 12.0. The number of hydrogen-bond donors (Lipinski definition) is 1. The molecule has 0 saturated carbocycles. The first-order chi connectivity index (χ1) is 8.11. The average molecular weight is 232 g/mol. The highest BCUT2D eigenvalue weighted by Crippen LogP contribution is 2.32. The second-order valence-electron chi connectivity index (χ2n) is 4.95. The van der Waals surface area contributed by atoms with Crippen molar-refractivity contribution in [2.75, 3.05) is 0 Å². The van der Waals surface area contributed by atoms with Crippen LogP contribution >= 0.6 is 0 Å². The molecule has 1 aromatic rings. The molecule has 2 atom stereocenters. The Hall–Kier alpha value is -1.35. The van der Waals surface area contributed by atoms with Crippen LogP contribution in [0.2, 0.25) is 0 Å². The van der Waals surface area contributed by atoms with Gasteiger partial charge in [-0.1, -0.05) is 30.3 Å². The maximum Gasteiger partial charge on any atom is 0.223 e. The highest BCUT2D eigenvalue weighted by molar-refractivity contribution is 5.78. The van der Waals surface area contributed by atoms with Gasteiger partial charge in [0, 0.05) is 18.5 Å². The van der Waals surface area contributed by atoms with Crippen molar-refractivity contribution in [3.8, 4) is 0 Å². The van der Waals surface area contributed by atoms with Crippen LogP contribution in [-0.4, -0.2) is 22.9 Å². The van der Waals surface area contributed by atoms with Gasteiger partial charge in [0.1, 0.15) is 0 Å². The molecule has 17 heavy (non-hydrogen) atoms. The molecule has 1 aliphatic heterocycles. The first kappa shape index (κ1) is 12.1. The zero-order valence-electron chi connectivity index (χ0n) is 10.5. The van der Waals surface area contributed by atoms with Crippen LogP contribution in [0.1, 0.15) is 38.3 Å². The Balaban J connectivity index is 2.36. The van der Waals surface area contributed by atoms with Crippen molar-refractivity contribution in [2.45, 2.75) is 44.8 Å². The lowest BCUT2D eigenvalue weighted by molar-refractivity contribution is -0.139. The van der Waals surface area contributed by atoms with Gasteiger partial charge in [-0.2, -0.15) is 0 Å². The number of amides is 1. The molecule has 1 fully saturated rings. The minimum atomic E-state index is 0.0254. The molecule has 1 saturated heterocycles. The van der Waals surface area contributed by atoms with Crippen molar-refractivity contribution in [2.24, 2.45) is 5.73 Å². The average Bonchev–Trinajstić information content (AvgIpc) is 2.32. The van der Waals surface area contributed by atoms with Crippen molar-refractivity contribution in [3.05, 3.63) is 35.9 Å². The molecule has 3 heteroatoms. The van der Waals surface area contributed by atoms with E-state index < -0.39 is 0 Å². The monoisotopic (exact) mass is 232 g/mol. The van der Waals surface area contributed by atoms with Crippen LogP contribution in [0.4, 0.5) is 0 Å². The molecule has 0 bridgehead atoms. The van der Waals surface area contributed by atoms with E-state index in [4.69, 9.17) is 5.73 Å². The van der Waals surface area contributed by atoms with E-state index in [-0.39, 0.29) is 24.0 Å². The first-order valence-corrected chi connectivity index (χ1v) is 6.23. The lowest BCUT2D eigenvalue weighted by Gasteiger charge is -2.42. The molecule has 0 spiro atoms. The molecule has 1 aromatic carbocycles. The second-order valence-corrected chi connectivity index (χ2v) is 4.95. The summed E-state index contributed by atoms with van der Waals surface area (Å²) >= 11 is 0. The third-order valence-corrected chi connectivity index (χ3v) is 3.38. The van der Waals surface area contributed by atoms with Crippen LogP contribution in [-0.2, 0) is 4.79 Å². The van der Waals surface area contributed by atoms with Gasteiger partial charge in [0.2, 0.25) is 5.91 Å². The highest BCUT2D eigenvalue weighted by atomic mass is 16.2. The number of rotatable bonds is 2. The van der Waals surface area contributed by atoms with Crippen LogP contribution in [0.25, 0.3) is 0 Å². The number of nitrogens with zero attached hydrogens (tertiary/aromatic N) is 1. The van der Waals surface area contributed by atoms with E-state index in [1.54, 1.807) is 0 Å². The van der Waals surface area contributed by atoms with Gasteiger partial charge < -0.3 is 10.6 Å². The van der Waals surface area contributed by atoms with Crippen molar-refractivity contribution in [1.29, 1.82) is 0 Å². The summed E-state index contributed by atoms with van der Waals surface area (Å²) in [6.07, 6.45) is 1.35. The summed E-state index contributed by atoms with van der Waals surface area (Å²) in [6.45, 7) is 4.10. The number of benzene rings is 1. The Kier molecular flexibility index (Phi) is 3.48. The van der Waals surface area contributed by atoms with Crippen LogP contribution in [0, 0.1) is 0 Å². The predicted octanol–water partition coefficient (Wildman–Crippen LogP) is 2.09. The van der Waals surface area contributed by atoms with Crippen molar-refractivity contribution < 1.29 is 4.79 Å². The molecule has 92 valence electrons. The highest BCUT2D eigenvalue weighted by Gasteiger charge is 2.35. The Labute approximate surface area is 103 Å². The molecule has 3 nitrogen and oxygen atoms in total. The van der Waals surface area contributed by atoms with Crippen LogP contribution in [0.3, 0.4) is 0 Å². The van der Waals surface area contributed by atoms with Crippen molar-refractivity contribution in [3.63, 3.8) is 0 Å². The number of likely N-dealkylation sites (tertiary alicyclic amines) is 1. The summed E-state index contributed by atoms with van der Waals surface area (Å²) in [5.41, 5.74) is 7.35. The third-order valence-electron chi connectivity index (χ3n) is 3.38. The zero-order valence-corrected chi connectivity index (χ0v) is 10.5. The van der Waals surface area contributed by atoms with E-state index in [9.17, 15) is 4.79 Å². The lowest BCUT2D eigenvalue weighted by Crippen LogP contribution is -2.51. The number of carbonyl (C=O) groups is 1. The predicted molar refractivity (Wildman–Crippen MR) is 68.4 cm³/mol. The molecule has 2 unspecified atom stereocenters. The van der Waals surface area contributed by atoms with E-state index >= 15 is 0 Å². The molecule has 1 heterocycles. The van der Waals surface area contributed by atoms with Gasteiger partial charge in [-0.25, -0.2) is 0 Å². The number of piperidine rings is 1. The van der Waals surface area contributed by atoms with Crippen molar-refractivity contribution in [1.82, 2.24) is 4.90 Å². The lowest BCUT2D eigenvalue weighted by atomic mass is 9.89. The third kappa shape index (κ3) is 2.34. The van der Waals surface area contributed by atoms with Gasteiger partial charge in [-0.15, -0.1) is 0 Å². The van der Waals surface area contributed by atoms with Gasteiger partial charge in [-0.3, -0.25) is 4.79 Å². The van der Waals surface area contributed by atoms with Gasteiger partial charge in [0.25, 0.3) is 0 Å². The zero-order chi connectivity index (χ0) is 12.4. The standard InChI is InChI=1S/C14H20N2O/c1-10(2)16-13(17)9-8-12(15)14(16)11-6-4-3-5-7-11/h3-7,10,12,14H,8-9,15H2,1-2H3. The number of nitrogens with two attached hydrogens (primary N) is 1. The fourth-order valence-corrected chi connectivity index (χ4v) is 2.61. The summed E-state index contributed by atoms with van der Waals surface area (Å²) in [5, 5.41) is 0. The molecule has 0 radical (unpaired) electrons. The van der Waals surface area contributed by atoms with E-state index in [1.165, 1.54) is 0 Å². The Morgan fingerprint density at radius 2 is 1.94 bits per heavy atom. The van der Waals surface area contributed by atoms with Crippen LogP contribution in [0.5, 0.6) is 0 Å². The minimum absolute atomic E-state index is 0.0254. The van der Waals surface area contributed by atoms with Gasteiger partial charge >= 0.3 is 0 Å². The smallest absolute Gasteiger partial charge is 0.223 e. The molecule has 1 aliphatic rings. The van der Waals surface area contributed by atoms with E-state index in [1.807, 2.05) is 36.9 Å². The fourth-order valence-electron chi connectivity index (χ4n) is 2.61.